The van der Waals surface area contributed by atoms with Crippen molar-refractivity contribution in [3.63, 3.8) is 0 Å². The number of fused-ring (bicyclic) bond motifs is 5. The van der Waals surface area contributed by atoms with Gasteiger partial charge in [0.2, 0.25) is 0 Å². The Morgan fingerprint density at radius 2 is 1.20 bits per heavy atom. The molecule has 0 spiro atoms. The van der Waals surface area contributed by atoms with Gasteiger partial charge in [-0.1, -0.05) is 109 Å². The van der Waals surface area contributed by atoms with Crippen LogP contribution >= 0.6 is 0 Å². The molecule has 0 saturated heterocycles. The highest BCUT2D eigenvalue weighted by atomic mass is 16.1. The number of hydrogen-bond donors (Lipinski definition) is 0. The molecule has 0 bridgehead atoms. The predicted molar refractivity (Wildman–Crippen MR) is 172 cm³/mol. The van der Waals surface area contributed by atoms with Crippen LogP contribution in [0.15, 0.2) is 138 Å². The van der Waals surface area contributed by atoms with Crippen LogP contribution in [0.3, 0.4) is 0 Å². The minimum atomic E-state index is 0.0430. The third-order valence-electron chi connectivity index (χ3n) is 8.52. The number of para-hydroxylation sites is 1. The fourth-order valence-electron chi connectivity index (χ4n) is 6.60. The fraction of sp³-hybridized carbons (Fsp3) is 0.0513. The zero-order chi connectivity index (χ0) is 27.5. The average molecular weight is 526 g/mol. The van der Waals surface area contributed by atoms with Crippen molar-refractivity contribution < 1.29 is 0 Å². The molecule has 2 heteroatoms. The van der Waals surface area contributed by atoms with Crippen molar-refractivity contribution in [3.05, 3.63) is 161 Å². The monoisotopic (exact) mass is 525 g/mol. The molecule has 6 aromatic carbocycles. The zero-order valence-electron chi connectivity index (χ0n) is 22.8. The molecule has 8 rings (SSSR count). The summed E-state index contributed by atoms with van der Waals surface area (Å²) in [7, 11) is 0. The Hall–Kier alpha value is -5.21. The zero-order valence-corrected chi connectivity index (χ0v) is 22.8. The van der Waals surface area contributed by atoms with E-state index in [0.717, 1.165) is 49.9 Å². The van der Waals surface area contributed by atoms with Crippen LogP contribution < -0.4 is 5.56 Å². The number of rotatable bonds is 4. The number of aryl methyl sites for hydroxylation is 1. The lowest BCUT2D eigenvalue weighted by atomic mass is 9.90. The van der Waals surface area contributed by atoms with Gasteiger partial charge in [-0.05, 0) is 81.9 Å². The van der Waals surface area contributed by atoms with Crippen LogP contribution in [-0.4, -0.2) is 4.40 Å². The van der Waals surface area contributed by atoms with E-state index in [1.807, 2.05) is 28.7 Å². The quantitative estimate of drug-likeness (QED) is 0.210. The molecule has 0 saturated carbocycles. The molecule has 0 atom stereocenters. The maximum absolute atomic E-state index is 13.6. The van der Waals surface area contributed by atoms with Crippen LogP contribution in [-0.2, 0) is 6.42 Å². The molecule has 0 aliphatic carbocycles. The van der Waals surface area contributed by atoms with E-state index in [1.54, 1.807) is 0 Å². The van der Waals surface area contributed by atoms with Gasteiger partial charge in [-0.2, -0.15) is 0 Å². The molecule has 0 aliphatic heterocycles. The molecule has 0 amide bonds. The molecule has 0 radical (unpaired) electrons. The Balaban J connectivity index is 1.32. The van der Waals surface area contributed by atoms with Gasteiger partial charge >= 0.3 is 0 Å². The van der Waals surface area contributed by atoms with Gasteiger partial charge in [0.1, 0.15) is 0 Å². The summed E-state index contributed by atoms with van der Waals surface area (Å²) < 4.78 is 1.91. The molecular formula is C39H27NO. The molecule has 0 N–H and O–H groups in total. The van der Waals surface area contributed by atoms with Gasteiger partial charge in [-0.3, -0.25) is 9.20 Å². The van der Waals surface area contributed by atoms with E-state index in [9.17, 15) is 4.79 Å². The summed E-state index contributed by atoms with van der Waals surface area (Å²) in [6.07, 6.45) is 0.903. The van der Waals surface area contributed by atoms with E-state index in [1.165, 1.54) is 33.4 Å². The second-order valence-corrected chi connectivity index (χ2v) is 11.0. The van der Waals surface area contributed by atoms with Crippen LogP contribution in [0.25, 0.3) is 60.2 Å². The third kappa shape index (κ3) is 3.68. The van der Waals surface area contributed by atoms with Crippen LogP contribution in [0, 0.1) is 6.92 Å². The summed E-state index contributed by atoms with van der Waals surface area (Å²) in [5.41, 5.74) is 10.8. The summed E-state index contributed by atoms with van der Waals surface area (Å²) in [5.74, 6) is 0. The van der Waals surface area contributed by atoms with Crippen molar-refractivity contribution in [2.45, 2.75) is 13.3 Å². The van der Waals surface area contributed by atoms with E-state index in [4.69, 9.17) is 0 Å². The maximum atomic E-state index is 13.6. The van der Waals surface area contributed by atoms with Crippen molar-refractivity contribution in [1.29, 1.82) is 0 Å². The van der Waals surface area contributed by atoms with Gasteiger partial charge in [-0.15, -0.1) is 0 Å². The smallest absolute Gasteiger partial charge is 0.263 e. The van der Waals surface area contributed by atoms with Gasteiger partial charge in [0.25, 0.3) is 5.56 Å². The second-order valence-electron chi connectivity index (χ2n) is 11.0. The van der Waals surface area contributed by atoms with Crippen molar-refractivity contribution in [2.24, 2.45) is 0 Å². The van der Waals surface area contributed by atoms with E-state index in [0.29, 0.717) is 0 Å². The second kappa shape index (κ2) is 9.18. The summed E-state index contributed by atoms with van der Waals surface area (Å²) in [6.45, 7) is 2.21. The van der Waals surface area contributed by atoms with Crippen molar-refractivity contribution in [3.8, 4) is 22.3 Å². The van der Waals surface area contributed by atoms with Crippen molar-refractivity contribution in [1.82, 2.24) is 4.40 Å². The molecule has 41 heavy (non-hydrogen) atoms. The van der Waals surface area contributed by atoms with Gasteiger partial charge in [-0.25, -0.2) is 0 Å². The third-order valence-corrected chi connectivity index (χ3v) is 8.52. The standard InChI is InChI=1S/C39H27NO/c1-25-21-27(19-20-30(25)31-14-6-5-13-28(31)22-26-11-3-2-4-12-26)29-23-35-32-15-7-8-17-34(32)39(41)40-37-18-10-9-16-33(37)36(24-29)38(35)40/h2-21,23-24H,22H2,1H3. The molecule has 2 nitrogen and oxygen atoms in total. The molecule has 8 aromatic rings. The summed E-state index contributed by atoms with van der Waals surface area (Å²) in [6, 6.07) is 47.0. The number of benzene rings is 6. The first-order valence-corrected chi connectivity index (χ1v) is 14.1. The highest BCUT2D eigenvalue weighted by Crippen LogP contribution is 2.39. The van der Waals surface area contributed by atoms with Crippen LogP contribution in [0.1, 0.15) is 16.7 Å². The Kier molecular flexibility index (Phi) is 5.30. The van der Waals surface area contributed by atoms with E-state index >= 15 is 0 Å². The lowest BCUT2D eigenvalue weighted by molar-refractivity contribution is 1.19. The van der Waals surface area contributed by atoms with E-state index in [-0.39, 0.29) is 5.56 Å². The minimum absolute atomic E-state index is 0.0430. The molecular weight excluding hydrogens is 498 g/mol. The summed E-state index contributed by atoms with van der Waals surface area (Å²) in [4.78, 5) is 13.6. The Labute approximate surface area is 238 Å². The first-order chi connectivity index (χ1) is 20.2. The van der Waals surface area contributed by atoms with E-state index in [2.05, 4.69) is 116 Å². The average Bonchev–Trinajstić information content (AvgIpc) is 3.35. The first-order valence-electron chi connectivity index (χ1n) is 14.1. The maximum Gasteiger partial charge on any atom is 0.263 e. The number of hydrogen-bond acceptors (Lipinski definition) is 1. The lowest BCUT2D eigenvalue weighted by Crippen LogP contribution is -2.12. The first kappa shape index (κ1) is 23.7. The van der Waals surface area contributed by atoms with Gasteiger partial charge < -0.3 is 0 Å². The highest BCUT2D eigenvalue weighted by Gasteiger charge is 2.18. The van der Waals surface area contributed by atoms with Crippen LogP contribution in [0.2, 0.25) is 0 Å². The topological polar surface area (TPSA) is 21.5 Å². The SMILES string of the molecule is Cc1cc(-c2cc3c4ccccc4c(=O)n4c5ccccc5c(c2)c34)ccc1-c1ccccc1Cc1ccccc1. The molecule has 194 valence electrons. The predicted octanol–water partition coefficient (Wildman–Crippen LogP) is 9.43. The van der Waals surface area contributed by atoms with Gasteiger partial charge in [0, 0.05) is 21.5 Å². The Bertz CT molecular complexity index is 2310. The minimum Gasteiger partial charge on any atom is -0.275 e. The Morgan fingerprint density at radius 1 is 0.537 bits per heavy atom. The highest BCUT2D eigenvalue weighted by molar-refractivity contribution is 6.21. The number of pyridine rings is 1. The lowest BCUT2D eigenvalue weighted by Gasteiger charge is -2.15. The number of nitrogens with zero attached hydrogens (tertiary/aromatic N) is 1. The molecule has 0 fully saturated rings. The summed E-state index contributed by atoms with van der Waals surface area (Å²) in [5, 5.41) is 5.09. The Morgan fingerprint density at radius 3 is 2.00 bits per heavy atom. The molecule has 0 unspecified atom stereocenters. The van der Waals surface area contributed by atoms with Crippen molar-refractivity contribution >= 4 is 38.0 Å². The fourth-order valence-corrected chi connectivity index (χ4v) is 6.60. The van der Waals surface area contributed by atoms with Gasteiger partial charge in [0.15, 0.2) is 0 Å². The largest absolute Gasteiger partial charge is 0.275 e. The summed E-state index contributed by atoms with van der Waals surface area (Å²) >= 11 is 0. The normalized spacial score (nSPS) is 11.7. The molecule has 2 aromatic heterocycles. The molecule has 2 heterocycles. The van der Waals surface area contributed by atoms with Crippen LogP contribution in [0.5, 0.6) is 0 Å². The number of aromatic nitrogens is 1. The van der Waals surface area contributed by atoms with E-state index < -0.39 is 0 Å². The van der Waals surface area contributed by atoms with Crippen molar-refractivity contribution in [2.75, 3.05) is 0 Å². The van der Waals surface area contributed by atoms with Crippen LogP contribution in [0.4, 0.5) is 0 Å². The molecule has 0 aliphatic rings. The van der Waals surface area contributed by atoms with Gasteiger partial charge in [0.05, 0.1) is 11.0 Å².